The van der Waals surface area contributed by atoms with Crippen molar-refractivity contribution in [3.8, 4) is 0 Å². The fourth-order valence-corrected chi connectivity index (χ4v) is 3.75. The SMILES string of the molecule is Nc1c2c(nn1C(=O)[C@@H]1CCCc3[nH]ccc31)CCCC2. The van der Waals surface area contributed by atoms with Gasteiger partial charge in [0.2, 0.25) is 0 Å². The normalized spacial score (nSPS) is 20.9. The van der Waals surface area contributed by atoms with Gasteiger partial charge in [-0.3, -0.25) is 4.79 Å². The largest absolute Gasteiger partial charge is 0.383 e. The lowest BCUT2D eigenvalue weighted by atomic mass is 9.86. The van der Waals surface area contributed by atoms with Gasteiger partial charge in [0.25, 0.3) is 5.91 Å². The highest BCUT2D eigenvalue weighted by atomic mass is 16.2. The number of nitrogens with one attached hydrogen (secondary N) is 1. The minimum Gasteiger partial charge on any atom is -0.383 e. The van der Waals surface area contributed by atoms with Crippen LogP contribution in [0.15, 0.2) is 12.3 Å². The third kappa shape index (κ3) is 1.91. The third-order valence-corrected chi connectivity index (χ3v) is 4.87. The number of hydrogen-bond acceptors (Lipinski definition) is 3. The molecule has 5 heteroatoms. The molecule has 0 saturated heterocycles. The summed E-state index contributed by atoms with van der Waals surface area (Å²) < 4.78 is 1.47. The maximum Gasteiger partial charge on any atom is 0.256 e. The standard InChI is InChI=1S/C16H20N4O/c17-15-12-4-1-2-6-14(12)19-20(15)16(21)11-5-3-7-13-10(11)8-9-18-13/h8-9,11,18H,1-7,17H2/t11-/m1/s1. The Morgan fingerprint density at radius 2 is 2.14 bits per heavy atom. The topological polar surface area (TPSA) is 76.7 Å². The minimum atomic E-state index is -0.108. The number of nitrogen functional groups attached to an aromatic ring is 1. The number of hydrogen-bond donors (Lipinski definition) is 2. The second-order valence-electron chi connectivity index (χ2n) is 6.12. The summed E-state index contributed by atoms with van der Waals surface area (Å²) in [4.78, 5) is 16.1. The van der Waals surface area contributed by atoms with E-state index in [4.69, 9.17) is 5.73 Å². The van der Waals surface area contributed by atoms with Gasteiger partial charge >= 0.3 is 0 Å². The van der Waals surface area contributed by atoms with Gasteiger partial charge in [-0.25, -0.2) is 0 Å². The Morgan fingerprint density at radius 3 is 3.00 bits per heavy atom. The van der Waals surface area contributed by atoms with Gasteiger partial charge in [-0.15, -0.1) is 0 Å². The number of fused-ring (bicyclic) bond motifs is 2. The molecule has 4 rings (SSSR count). The van der Waals surface area contributed by atoms with E-state index in [1.54, 1.807) is 0 Å². The molecule has 0 aliphatic heterocycles. The number of H-pyrrole nitrogens is 1. The molecule has 2 aromatic heterocycles. The van der Waals surface area contributed by atoms with Crippen LogP contribution in [0.2, 0.25) is 0 Å². The van der Waals surface area contributed by atoms with Crippen molar-refractivity contribution in [1.29, 1.82) is 0 Å². The first-order valence-electron chi connectivity index (χ1n) is 7.82. The van der Waals surface area contributed by atoms with Crippen molar-refractivity contribution < 1.29 is 4.79 Å². The van der Waals surface area contributed by atoms with Crippen LogP contribution in [0.4, 0.5) is 5.82 Å². The van der Waals surface area contributed by atoms with E-state index in [9.17, 15) is 4.79 Å². The first-order chi connectivity index (χ1) is 10.3. The van der Waals surface area contributed by atoms with Crippen molar-refractivity contribution in [2.24, 2.45) is 0 Å². The highest BCUT2D eigenvalue weighted by Crippen LogP contribution is 2.34. The fourth-order valence-electron chi connectivity index (χ4n) is 3.75. The summed E-state index contributed by atoms with van der Waals surface area (Å²) >= 11 is 0. The summed E-state index contributed by atoms with van der Waals surface area (Å²) in [5.74, 6) is 0.489. The van der Waals surface area contributed by atoms with Crippen LogP contribution >= 0.6 is 0 Å². The number of anilines is 1. The Kier molecular flexibility index (Phi) is 2.87. The van der Waals surface area contributed by atoms with Crippen LogP contribution in [0.3, 0.4) is 0 Å². The molecule has 21 heavy (non-hydrogen) atoms. The van der Waals surface area contributed by atoms with Crippen molar-refractivity contribution in [3.63, 3.8) is 0 Å². The Labute approximate surface area is 123 Å². The lowest BCUT2D eigenvalue weighted by Crippen LogP contribution is -2.25. The summed E-state index contributed by atoms with van der Waals surface area (Å²) in [7, 11) is 0. The van der Waals surface area contributed by atoms with E-state index >= 15 is 0 Å². The molecular formula is C16H20N4O. The number of rotatable bonds is 1. The van der Waals surface area contributed by atoms with Crippen LogP contribution in [0.25, 0.3) is 0 Å². The van der Waals surface area contributed by atoms with Gasteiger partial charge in [-0.05, 0) is 56.6 Å². The zero-order valence-electron chi connectivity index (χ0n) is 12.1. The highest BCUT2D eigenvalue weighted by Gasteiger charge is 2.31. The van der Waals surface area contributed by atoms with Gasteiger partial charge in [-0.1, -0.05) is 0 Å². The first-order valence-corrected chi connectivity index (χ1v) is 7.82. The second kappa shape index (κ2) is 4.76. The summed E-state index contributed by atoms with van der Waals surface area (Å²) in [5.41, 5.74) is 10.6. The zero-order valence-corrected chi connectivity index (χ0v) is 12.1. The summed E-state index contributed by atoms with van der Waals surface area (Å²) in [5, 5.41) is 4.51. The van der Waals surface area contributed by atoms with Crippen molar-refractivity contribution in [1.82, 2.24) is 14.8 Å². The zero-order chi connectivity index (χ0) is 14.4. The molecule has 0 bridgehead atoms. The molecule has 110 valence electrons. The van der Waals surface area contributed by atoms with Gasteiger partial charge in [0.1, 0.15) is 5.82 Å². The molecular weight excluding hydrogens is 264 g/mol. The first kappa shape index (κ1) is 12.7. The lowest BCUT2D eigenvalue weighted by molar-refractivity contribution is 0.0854. The Morgan fingerprint density at radius 1 is 1.29 bits per heavy atom. The molecule has 3 N–H and O–H groups in total. The van der Waals surface area contributed by atoms with E-state index in [0.29, 0.717) is 5.82 Å². The highest BCUT2D eigenvalue weighted by molar-refractivity contribution is 5.88. The number of carbonyl (C=O) groups excluding carboxylic acids is 1. The maximum atomic E-state index is 12.9. The fraction of sp³-hybridized carbons (Fsp3) is 0.500. The van der Waals surface area contributed by atoms with Crippen molar-refractivity contribution >= 4 is 11.7 Å². The van der Waals surface area contributed by atoms with Gasteiger partial charge in [0.05, 0.1) is 11.6 Å². The van der Waals surface area contributed by atoms with E-state index in [0.717, 1.165) is 61.8 Å². The van der Waals surface area contributed by atoms with E-state index in [-0.39, 0.29) is 11.8 Å². The average molecular weight is 284 g/mol. The number of aromatic nitrogens is 3. The molecule has 2 aliphatic rings. The maximum absolute atomic E-state index is 12.9. The molecule has 0 spiro atoms. The molecule has 0 radical (unpaired) electrons. The number of aromatic amines is 1. The smallest absolute Gasteiger partial charge is 0.256 e. The van der Waals surface area contributed by atoms with Crippen LogP contribution in [0, 0.1) is 0 Å². The molecule has 0 aromatic carbocycles. The Balaban J connectivity index is 1.72. The Hall–Kier alpha value is -2.04. The average Bonchev–Trinajstić information content (AvgIpc) is 3.11. The molecule has 0 fully saturated rings. The second-order valence-corrected chi connectivity index (χ2v) is 6.12. The number of aryl methyl sites for hydroxylation is 2. The molecule has 0 amide bonds. The minimum absolute atomic E-state index is 0.0300. The van der Waals surface area contributed by atoms with Gasteiger partial charge in [0.15, 0.2) is 0 Å². The number of nitrogens with zero attached hydrogens (tertiary/aromatic N) is 2. The Bertz CT molecular complexity index is 697. The molecule has 2 aromatic rings. The van der Waals surface area contributed by atoms with Crippen molar-refractivity contribution in [3.05, 3.63) is 34.8 Å². The molecule has 0 saturated carbocycles. The summed E-state index contributed by atoms with van der Waals surface area (Å²) in [6.45, 7) is 0. The molecule has 5 nitrogen and oxygen atoms in total. The summed E-state index contributed by atoms with van der Waals surface area (Å²) in [6, 6.07) is 2.02. The van der Waals surface area contributed by atoms with Crippen LogP contribution in [0.5, 0.6) is 0 Å². The monoisotopic (exact) mass is 284 g/mol. The van der Waals surface area contributed by atoms with Gasteiger partial charge < -0.3 is 10.7 Å². The van der Waals surface area contributed by atoms with Crippen molar-refractivity contribution in [2.45, 2.75) is 50.9 Å². The van der Waals surface area contributed by atoms with Crippen molar-refractivity contribution in [2.75, 3.05) is 5.73 Å². The predicted octanol–water partition coefficient (Wildman–Crippen LogP) is 2.43. The quantitative estimate of drug-likeness (QED) is 0.844. The molecule has 0 unspecified atom stereocenters. The van der Waals surface area contributed by atoms with E-state index < -0.39 is 0 Å². The molecule has 1 atom stereocenters. The van der Waals surface area contributed by atoms with Crippen LogP contribution in [0.1, 0.15) is 58.9 Å². The molecule has 2 aliphatic carbocycles. The van der Waals surface area contributed by atoms with E-state index in [1.807, 2.05) is 12.3 Å². The van der Waals surface area contributed by atoms with E-state index in [2.05, 4.69) is 10.1 Å². The van der Waals surface area contributed by atoms with Crippen LogP contribution in [-0.2, 0) is 19.3 Å². The van der Waals surface area contributed by atoms with Crippen LogP contribution < -0.4 is 5.73 Å². The lowest BCUT2D eigenvalue weighted by Gasteiger charge is -2.21. The number of nitrogens with two attached hydrogens (primary N) is 1. The number of carbonyl (C=O) groups is 1. The van der Waals surface area contributed by atoms with Crippen LogP contribution in [-0.4, -0.2) is 20.7 Å². The van der Waals surface area contributed by atoms with Gasteiger partial charge in [0, 0.05) is 17.5 Å². The summed E-state index contributed by atoms with van der Waals surface area (Å²) in [6.07, 6.45) is 9.04. The predicted molar refractivity (Wildman–Crippen MR) is 80.4 cm³/mol. The van der Waals surface area contributed by atoms with Gasteiger partial charge in [-0.2, -0.15) is 9.78 Å². The third-order valence-electron chi connectivity index (χ3n) is 4.87. The van der Waals surface area contributed by atoms with E-state index in [1.165, 1.54) is 10.4 Å². The molecule has 2 heterocycles.